The van der Waals surface area contributed by atoms with Crippen molar-refractivity contribution in [2.75, 3.05) is 6.61 Å². The first kappa shape index (κ1) is 11.7. The van der Waals surface area contributed by atoms with Crippen molar-refractivity contribution < 1.29 is 13.9 Å². The molecule has 2 rings (SSSR count). The van der Waals surface area contributed by atoms with Crippen LogP contribution in [0.25, 0.3) is 11.0 Å². The van der Waals surface area contributed by atoms with Gasteiger partial charge in [-0.1, -0.05) is 17.7 Å². The maximum Gasteiger partial charge on any atom is 0.374 e. The molecular formula is C12H9ClO4. The van der Waals surface area contributed by atoms with E-state index in [-0.39, 0.29) is 28.4 Å². The molecule has 0 atom stereocenters. The molecule has 4 nitrogen and oxygen atoms in total. The summed E-state index contributed by atoms with van der Waals surface area (Å²) >= 11 is 5.90. The van der Waals surface area contributed by atoms with Crippen molar-refractivity contribution in [1.82, 2.24) is 0 Å². The lowest BCUT2D eigenvalue weighted by atomic mass is 10.2. The summed E-state index contributed by atoms with van der Waals surface area (Å²) in [5.74, 6) is -0.816. The van der Waals surface area contributed by atoms with Gasteiger partial charge >= 0.3 is 5.97 Å². The van der Waals surface area contributed by atoms with Gasteiger partial charge in [0, 0.05) is 6.07 Å². The van der Waals surface area contributed by atoms with E-state index in [0.717, 1.165) is 6.07 Å². The third-order valence-corrected chi connectivity index (χ3v) is 2.48. The largest absolute Gasteiger partial charge is 0.460 e. The molecule has 0 spiro atoms. The van der Waals surface area contributed by atoms with Crippen LogP contribution in [-0.4, -0.2) is 12.6 Å². The maximum absolute atomic E-state index is 11.7. The molecule has 0 aliphatic carbocycles. The van der Waals surface area contributed by atoms with Gasteiger partial charge < -0.3 is 9.15 Å². The molecule has 1 aromatic carbocycles. The summed E-state index contributed by atoms with van der Waals surface area (Å²) in [7, 11) is 0. The lowest BCUT2D eigenvalue weighted by molar-refractivity contribution is 0.0490. The molecule has 0 aliphatic heterocycles. The molecule has 88 valence electrons. The fraction of sp³-hybridized carbons (Fsp3) is 0.167. The van der Waals surface area contributed by atoms with E-state index < -0.39 is 5.97 Å². The Morgan fingerprint density at radius 2 is 2.24 bits per heavy atom. The fourth-order valence-electron chi connectivity index (χ4n) is 1.45. The van der Waals surface area contributed by atoms with E-state index in [9.17, 15) is 9.59 Å². The van der Waals surface area contributed by atoms with Crippen molar-refractivity contribution in [3.05, 3.63) is 45.3 Å². The van der Waals surface area contributed by atoms with E-state index in [0.29, 0.717) is 5.39 Å². The predicted octanol–water partition coefficient (Wildman–Crippen LogP) is 2.62. The van der Waals surface area contributed by atoms with E-state index in [1.807, 2.05) is 0 Å². The molecule has 0 fully saturated rings. The monoisotopic (exact) mass is 252 g/mol. The van der Waals surface area contributed by atoms with Gasteiger partial charge in [-0.3, -0.25) is 4.79 Å². The highest BCUT2D eigenvalue weighted by atomic mass is 35.5. The van der Waals surface area contributed by atoms with Crippen LogP contribution in [-0.2, 0) is 4.74 Å². The second kappa shape index (κ2) is 4.59. The van der Waals surface area contributed by atoms with Crippen LogP contribution in [0, 0.1) is 0 Å². The number of hydrogen-bond donors (Lipinski definition) is 0. The summed E-state index contributed by atoms with van der Waals surface area (Å²) < 4.78 is 10.0. The lowest BCUT2D eigenvalue weighted by Crippen LogP contribution is -2.10. The highest BCUT2D eigenvalue weighted by molar-refractivity contribution is 6.34. The summed E-state index contributed by atoms with van der Waals surface area (Å²) in [6, 6.07) is 5.92. The summed E-state index contributed by atoms with van der Waals surface area (Å²) in [6.45, 7) is 1.88. The van der Waals surface area contributed by atoms with Gasteiger partial charge in [-0.05, 0) is 19.1 Å². The number of benzene rings is 1. The van der Waals surface area contributed by atoms with Crippen LogP contribution in [0.5, 0.6) is 0 Å². The topological polar surface area (TPSA) is 56.5 Å². The van der Waals surface area contributed by atoms with Crippen LogP contribution in [0.4, 0.5) is 0 Å². The smallest absolute Gasteiger partial charge is 0.374 e. The second-order valence-corrected chi connectivity index (χ2v) is 3.72. The van der Waals surface area contributed by atoms with Gasteiger partial charge in [0.05, 0.1) is 17.0 Å². The molecule has 0 saturated carbocycles. The number of carbonyl (C=O) groups is 1. The van der Waals surface area contributed by atoms with Gasteiger partial charge in [0.25, 0.3) is 0 Å². The Balaban J connectivity index is 2.66. The SMILES string of the molecule is CCOC(=O)c1cc(=O)c2cccc(Cl)c2o1. The van der Waals surface area contributed by atoms with Crippen LogP contribution in [0.15, 0.2) is 33.5 Å². The average molecular weight is 253 g/mol. The zero-order valence-corrected chi connectivity index (χ0v) is 9.78. The molecule has 0 N–H and O–H groups in total. The normalized spacial score (nSPS) is 10.5. The highest BCUT2D eigenvalue weighted by Gasteiger charge is 2.14. The Morgan fingerprint density at radius 3 is 2.94 bits per heavy atom. The molecule has 0 aliphatic rings. The van der Waals surface area contributed by atoms with Crippen LogP contribution >= 0.6 is 11.6 Å². The molecule has 0 radical (unpaired) electrons. The molecule has 0 bridgehead atoms. The third kappa shape index (κ3) is 2.17. The van der Waals surface area contributed by atoms with Gasteiger partial charge in [0.1, 0.15) is 0 Å². The van der Waals surface area contributed by atoms with Gasteiger partial charge in [-0.2, -0.15) is 0 Å². The fourth-order valence-corrected chi connectivity index (χ4v) is 1.66. The van der Waals surface area contributed by atoms with Crippen molar-refractivity contribution in [2.45, 2.75) is 6.92 Å². The Bertz CT molecular complexity index is 630. The van der Waals surface area contributed by atoms with Crippen molar-refractivity contribution in [3.8, 4) is 0 Å². The van der Waals surface area contributed by atoms with Gasteiger partial charge in [-0.15, -0.1) is 0 Å². The first-order chi connectivity index (χ1) is 8.13. The van der Waals surface area contributed by atoms with Crippen LogP contribution in [0.2, 0.25) is 5.02 Å². The van der Waals surface area contributed by atoms with Crippen LogP contribution in [0.3, 0.4) is 0 Å². The van der Waals surface area contributed by atoms with Crippen molar-refractivity contribution in [2.24, 2.45) is 0 Å². The number of ether oxygens (including phenoxy) is 1. The molecule has 5 heteroatoms. The molecule has 1 heterocycles. The third-order valence-electron chi connectivity index (χ3n) is 2.18. The van der Waals surface area contributed by atoms with Gasteiger partial charge in [0.2, 0.25) is 5.76 Å². The van der Waals surface area contributed by atoms with Crippen molar-refractivity contribution >= 4 is 28.5 Å². The second-order valence-electron chi connectivity index (χ2n) is 3.31. The summed E-state index contributed by atoms with van der Waals surface area (Å²) in [6.07, 6.45) is 0. The van der Waals surface area contributed by atoms with E-state index in [2.05, 4.69) is 0 Å². The van der Waals surface area contributed by atoms with E-state index in [4.69, 9.17) is 20.8 Å². The van der Waals surface area contributed by atoms with Crippen molar-refractivity contribution in [1.29, 1.82) is 0 Å². The number of carbonyl (C=O) groups excluding carboxylic acids is 1. The molecule has 0 saturated heterocycles. The number of para-hydroxylation sites is 1. The minimum atomic E-state index is -0.675. The van der Waals surface area contributed by atoms with E-state index in [1.165, 1.54) is 0 Å². The number of hydrogen-bond acceptors (Lipinski definition) is 4. The average Bonchev–Trinajstić information content (AvgIpc) is 2.30. The number of esters is 1. The van der Waals surface area contributed by atoms with Crippen LogP contribution < -0.4 is 5.43 Å². The zero-order chi connectivity index (χ0) is 12.4. The van der Waals surface area contributed by atoms with Crippen LogP contribution in [0.1, 0.15) is 17.5 Å². The summed E-state index contributed by atoms with van der Waals surface area (Å²) in [4.78, 5) is 23.2. The Hall–Kier alpha value is -1.81. The molecule has 1 aromatic heterocycles. The van der Waals surface area contributed by atoms with E-state index in [1.54, 1.807) is 25.1 Å². The predicted molar refractivity (Wildman–Crippen MR) is 63.5 cm³/mol. The minimum Gasteiger partial charge on any atom is -0.460 e. The van der Waals surface area contributed by atoms with Crippen molar-refractivity contribution in [3.63, 3.8) is 0 Å². The molecule has 0 unspecified atom stereocenters. The Kier molecular flexibility index (Phi) is 3.15. The first-order valence-corrected chi connectivity index (χ1v) is 5.40. The Labute approximate surface area is 102 Å². The quantitative estimate of drug-likeness (QED) is 0.771. The van der Waals surface area contributed by atoms with E-state index >= 15 is 0 Å². The number of halogens is 1. The minimum absolute atomic E-state index is 0.141. The first-order valence-electron chi connectivity index (χ1n) is 5.03. The molecule has 0 amide bonds. The maximum atomic E-state index is 11.7. The summed E-state index contributed by atoms with van der Waals surface area (Å²) in [5, 5.41) is 0.622. The standard InChI is InChI=1S/C12H9ClO4/c1-2-16-12(15)10-6-9(14)7-4-3-5-8(13)11(7)17-10/h3-6H,2H2,1H3. The van der Waals surface area contributed by atoms with Gasteiger partial charge in [0.15, 0.2) is 11.0 Å². The Morgan fingerprint density at radius 1 is 1.47 bits per heavy atom. The molecule has 2 aromatic rings. The molecular weight excluding hydrogens is 244 g/mol. The number of rotatable bonds is 2. The number of fused-ring (bicyclic) bond motifs is 1. The highest BCUT2D eigenvalue weighted by Crippen LogP contribution is 2.22. The lowest BCUT2D eigenvalue weighted by Gasteiger charge is -2.03. The summed E-state index contributed by atoms with van der Waals surface area (Å²) in [5.41, 5.74) is -0.124. The molecule has 17 heavy (non-hydrogen) atoms. The van der Waals surface area contributed by atoms with Gasteiger partial charge in [-0.25, -0.2) is 4.79 Å². The zero-order valence-electron chi connectivity index (χ0n) is 9.03.